The van der Waals surface area contributed by atoms with Gasteiger partial charge in [-0.3, -0.25) is 9.59 Å². The molecular formula is C23H24ClNO5. The molecule has 1 fully saturated rings. The molecule has 2 aromatic rings. The van der Waals surface area contributed by atoms with Gasteiger partial charge in [-0.25, -0.2) is 0 Å². The predicted octanol–water partition coefficient (Wildman–Crippen LogP) is 3.93. The number of Topliss-reactive ketones (excluding diaryl/α,β-unsaturated/α-hetero) is 1. The minimum atomic E-state index is -0.786. The number of carbonyl (C=O) groups excluding carboxylic acids is 2. The molecule has 0 spiro atoms. The summed E-state index contributed by atoms with van der Waals surface area (Å²) in [7, 11) is 0. The summed E-state index contributed by atoms with van der Waals surface area (Å²) in [4.78, 5) is 26.9. The van der Waals surface area contributed by atoms with E-state index >= 15 is 0 Å². The molecule has 30 heavy (non-hydrogen) atoms. The van der Waals surface area contributed by atoms with Crippen LogP contribution >= 0.6 is 11.6 Å². The third kappa shape index (κ3) is 4.50. The number of ketones is 1. The first-order valence-electron chi connectivity index (χ1n) is 9.86. The summed E-state index contributed by atoms with van der Waals surface area (Å²) < 4.78 is 5.55. The fraction of sp³-hybridized carbons (Fsp3) is 0.304. The largest absolute Gasteiger partial charge is 0.507 e. The van der Waals surface area contributed by atoms with Crippen LogP contribution in [-0.2, 0) is 9.59 Å². The van der Waals surface area contributed by atoms with Gasteiger partial charge in [0.15, 0.2) is 0 Å². The Kier molecular flexibility index (Phi) is 7.13. The first kappa shape index (κ1) is 21.9. The number of carbonyl (C=O) groups is 2. The first-order chi connectivity index (χ1) is 14.5. The fourth-order valence-electron chi connectivity index (χ4n) is 3.46. The van der Waals surface area contributed by atoms with Gasteiger partial charge in [0.2, 0.25) is 0 Å². The molecule has 1 heterocycles. The van der Waals surface area contributed by atoms with Crippen molar-refractivity contribution in [2.24, 2.45) is 0 Å². The number of likely N-dealkylation sites (tertiary alicyclic amines) is 1. The van der Waals surface area contributed by atoms with Gasteiger partial charge in [0.25, 0.3) is 11.7 Å². The molecule has 2 aromatic carbocycles. The topological polar surface area (TPSA) is 87.1 Å². The average Bonchev–Trinajstić information content (AvgIpc) is 3.01. The SMILES string of the molecule is CCCOc1ccc(C(O)=C2C(=O)C(=O)N(CCCO)[C@@H]2c2cccc(Cl)c2)cc1. The Hall–Kier alpha value is -2.83. The monoisotopic (exact) mass is 429 g/mol. The van der Waals surface area contributed by atoms with E-state index in [1.165, 1.54) is 4.90 Å². The molecular weight excluding hydrogens is 406 g/mol. The molecule has 1 atom stereocenters. The van der Waals surface area contributed by atoms with E-state index in [1.54, 1.807) is 48.5 Å². The zero-order chi connectivity index (χ0) is 21.7. The molecule has 0 bridgehead atoms. The summed E-state index contributed by atoms with van der Waals surface area (Å²) in [5.74, 6) is -1.07. The summed E-state index contributed by atoms with van der Waals surface area (Å²) in [5.41, 5.74) is 1.03. The Balaban J connectivity index is 2.06. The van der Waals surface area contributed by atoms with Gasteiger partial charge < -0.3 is 19.8 Å². The molecule has 0 unspecified atom stereocenters. The van der Waals surface area contributed by atoms with Crippen LogP contribution in [-0.4, -0.2) is 46.6 Å². The second-order valence-corrected chi connectivity index (χ2v) is 7.43. The van der Waals surface area contributed by atoms with Gasteiger partial charge >= 0.3 is 0 Å². The molecule has 1 amide bonds. The van der Waals surface area contributed by atoms with Crippen molar-refractivity contribution in [3.05, 3.63) is 70.3 Å². The maximum absolute atomic E-state index is 12.8. The van der Waals surface area contributed by atoms with E-state index in [0.29, 0.717) is 34.9 Å². The summed E-state index contributed by atoms with van der Waals surface area (Å²) in [6, 6.07) is 12.8. The highest BCUT2D eigenvalue weighted by atomic mass is 35.5. The van der Waals surface area contributed by atoms with E-state index in [9.17, 15) is 19.8 Å². The number of amides is 1. The van der Waals surface area contributed by atoms with Crippen molar-refractivity contribution >= 4 is 29.1 Å². The number of rotatable bonds is 8. The molecule has 1 aliphatic heterocycles. The van der Waals surface area contributed by atoms with E-state index in [2.05, 4.69) is 0 Å². The molecule has 3 rings (SSSR count). The van der Waals surface area contributed by atoms with Crippen LogP contribution in [0.3, 0.4) is 0 Å². The highest BCUT2D eigenvalue weighted by Gasteiger charge is 2.45. The van der Waals surface area contributed by atoms with E-state index < -0.39 is 17.7 Å². The highest BCUT2D eigenvalue weighted by Crippen LogP contribution is 2.40. The maximum atomic E-state index is 12.8. The van der Waals surface area contributed by atoms with Crippen LogP contribution in [0.5, 0.6) is 5.75 Å². The number of aliphatic hydroxyl groups excluding tert-OH is 2. The number of aliphatic hydroxyl groups is 2. The normalized spacial score (nSPS) is 18.1. The Bertz CT molecular complexity index is 954. The van der Waals surface area contributed by atoms with Crippen LogP contribution in [0.2, 0.25) is 5.02 Å². The maximum Gasteiger partial charge on any atom is 0.295 e. The zero-order valence-corrected chi connectivity index (χ0v) is 17.4. The van der Waals surface area contributed by atoms with Gasteiger partial charge in [-0.05, 0) is 54.8 Å². The summed E-state index contributed by atoms with van der Waals surface area (Å²) >= 11 is 6.13. The molecule has 7 heteroatoms. The number of hydrogen-bond acceptors (Lipinski definition) is 5. The van der Waals surface area contributed by atoms with Gasteiger partial charge in [0, 0.05) is 23.7 Å². The van der Waals surface area contributed by atoms with E-state index in [1.807, 2.05) is 6.92 Å². The van der Waals surface area contributed by atoms with Gasteiger partial charge in [-0.1, -0.05) is 30.7 Å². The third-order valence-corrected chi connectivity index (χ3v) is 5.10. The summed E-state index contributed by atoms with van der Waals surface area (Å²) in [6.45, 7) is 2.64. The van der Waals surface area contributed by atoms with Crippen molar-refractivity contribution in [1.29, 1.82) is 0 Å². The van der Waals surface area contributed by atoms with Crippen molar-refractivity contribution in [3.8, 4) is 5.75 Å². The molecule has 6 nitrogen and oxygen atoms in total. The number of ether oxygens (including phenoxy) is 1. The second-order valence-electron chi connectivity index (χ2n) is 7.00. The van der Waals surface area contributed by atoms with Crippen LogP contribution in [0.4, 0.5) is 0 Å². The molecule has 2 N–H and O–H groups in total. The minimum Gasteiger partial charge on any atom is -0.507 e. The molecule has 0 radical (unpaired) electrons. The van der Waals surface area contributed by atoms with Crippen molar-refractivity contribution in [2.75, 3.05) is 19.8 Å². The van der Waals surface area contributed by atoms with Gasteiger partial charge in [0.1, 0.15) is 11.5 Å². The van der Waals surface area contributed by atoms with Crippen LogP contribution in [0, 0.1) is 0 Å². The summed E-state index contributed by atoms with van der Waals surface area (Å²) in [6.07, 6.45) is 1.19. The number of benzene rings is 2. The predicted molar refractivity (Wildman–Crippen MR) is 114 cm³/mol. The lowest BCUT2D eigenvalue weighted by atomic mass is 9.95. The lowest BCUT2D eigenvalue weighted by molar-refractivity contribution is -0.140. The zero-order valence-electron chi connectivity index (χ0n) is 16.7. The molecule has 158 valence electrons. The Morgan fingerprint density at radius 2 is 1.90 bits per heavy atom. The average molecular weight is 430 g/mol. The number of halogens is 1. The Labute approximate surface area is 180 Å². The van der Waals surface area contributed by atoms with Gasteiger partial charge in [0.05, 0.1) is 18.2 Å². The highest BCUT2D eigenvalue weighted by molar-refractivity contribution is 6.46. The first-order valence-corrected chi connectivity index (χ1v) is 10.2. The van der Waals surface area contributed by atoms with Crippen molar-refractivity contribution in [3.63, 3.8) is 0 Å². The van der Waals surface area contributed by atoms with E-state index in [0.717, 1.165) is 6.42 Å². The second kappa shape index (κ2) is 9.78. The van der Waals surface area contributed by atoms with Crippen LogP contribution in [0.15, 0.2) is 54.1 Å². The van der Waals surface area contributed by atoms with Crippen LogP contribution in [0.25, 0.3) is 5.76 Å². The van der Waals surface area contributed by atoms with Crippen molar-refractivity contribution in [1.82, 2.24) is 4.90 Å². The van der Waals surface area contributed by atoms with Crippen LogP contribution < -0.4 is 4.74 Å². The van der Waals surface area contributed by atoms with E-state index in [4.69, 9.17) is 16.3 Å². The van der Waals surface area contributed by atoms with Crippen LogP contribution in [0.1, 0.15) is 36.9 Å². The standard InChI is InChI=1S/C23H24ClNO5/c1-2-13-30-18-9-7-15(8-10-18)21(27)19-20(16-5-3-6-17(24)14-16)25(11-4-12-26)23(29)22(19)28/h3,5-10,14,20,26-27H,2,4,11-13H2,1H3/t20-/m1/s1. The Morgan fingerprint density at radius 1 is 1.17 bits per heavy atom. The lowest BCUT2D eigenvalue weighted by Gasteiger charge is -2.25. The molecule has 1 saturated heterocycles. The minimum absolute atomic E-state index is 0.00225. The molecule has 0 saturated carbocycles. The van der Waals surface area contributed by atoms with E-state index in [-0.39, 0.29) is 24.5 Å². The quantitative estimate of drug-likeness (QED) is 0.377. The lowest BCUT2D eigenvalue weighted by Crippen LogP contribution is -2.31. The molecule has 0 aliphatic carbocycles. The fourth-order valence-corrected chi connectivity index (χ4v) is 3.66. The molecule has 1 aliphatic rings. The van der Waals surface area contributed by atoms with Crippen molar-refractivity contribution in [2.45, 2.75) is 25.8 Å². The summed E-state index contributed by atoms with van der Waals surface area (Å²) in [5, 5.41) is 20.6. The number of nitrogens with zero attached hydrogens (tertiary/aromatic N) is 1. The van der Waals surface area contributed by atoms with Crippen molar-refractivity contribution < 1.29 is 24.5 Å². The third-order valence-electron chi connectivity index (χ3n) is 4.86. The molecule has 0 aromatic heterocycles. The van der Waals surface area contributed by atoms with Gasteiger partial charge in [-0.15, -0.1) is 0 Å². The Morgan fingerprint density at radius 3 is 2.53 bits per heavy atom. The smallest absolute Gasteiger partial charge is 0.295 e. The number of hydrogen-bond donors (Lipinski definition) is 2. The van der Waals surface area contributed by atoms with Gasteiger partial charge in [-0.2, -0.15) is 0 Å².